The first kappa shape index (κ1) is 10.1. The molecule has 2 heteroatoms. The Kier molecular flexibility index (Phi) is 10.1. The first-order chi connectivity index (χ1) is 2.27. The average Bonchev–Trinajstić information content (AvgIpc) is 1.38. The van der Waals surface area contributed by atoms with E-state index in [0.717, 1.165) is 0 Å². The standard InChI is InChI=1S/C4H8.H3P.W/c1-3-4-2;;/h3H2,1-2H3;1H3;. The molecule has 0 heterocycles. The van der Waals surface area contributed by atoms with Gasteiger partial charge in [-0.05, 0) is 0 Å². The molecular formula is C4H11PW. The number of rotatable bonds is 1. The van der Waals surface area contributed by atoms with E-state index in [4.69, 9.17) is 0 Å². The molecule has 0 amide bonds. The Morgan fingerprint density at radius 2 is 1.83 bits per heavy atom. The van der Waals surface area contributed by atoms with Gasteiger partial charge in [-0.1, -0.05) is 0 Å². The second kappa shape index (κ2) is 5.99. The fraction of sp³-hybridized carbons (Fsp3) is 0.750. The Bertz CT molecular complexity index is 42.8. The molecule has 0 aliphatic rings. The van der Waals surface area contributed by atoms with Gasteiger partial charge in [0.1, 0.15) is 0 Å². The van der Waals surface area contributed by atoms with E-state index in [1.54, 1.807) is 23.3 Å². The quantitative estimate of drug-likeness (QED) is 0.630. The Morgan fingerprint density at radius 3 is 1.83 bits per heavy atom. The maximum absolute atomic E-state index is 2.18. The molecule has 0 saturated carbocycles. The van der Waals surface area contributed by atoms with Gasteiger partial charge in [-0.15, -0.1) is 0 Å². The van der Waals surface area contributed by atoms with Crippen molar-refractivity contribution in [2.24, 2.45) is 0 Å². The Hall–Kier alpha value is 0.988. The summed E-state index contributed by atoms with van der Waals surface area (Å²) in [6, 6.07) is 0. The normalized spacial score (nSPS) is 6.33. The molecule has 6 heavy (non-hydrogen) atoms. The summed E-state index contributed by atoms with van der Waals surface area (Å²) in [5.41, 5.74) is 0. The van der Waals surface area contributed by atoms with Crippen LogP contribution in [0.2, 0.25) is 0 Å². The summed E-state index contributed by atoms with van der Waals surface area (Å²) in [5.74, 6) is 0. The molecular weight excluding hydrogens is 263 g/mol. The van der Waals surface area contributed by atoms with Gasteiger partial charge in [-0.3, -0.25) is 0 Å². The summed E-state index contributed by atoms with van der Waals surface area (Å²) in [6.07, 6.45) is 1.26. The van der Waals surface area contributed by atoms with Crippen molar-refractivity contribution < 1.29 is 19.4 Å². The van der Waals surface area contributed by atoms with E-state index >= 15 is 0 Å². The van der Waals surface area contributed by atoms with Gasteiger partial charge >= 0.3 is 43.5 Å². The molecule has 0 aromatic carbocycles. The first-order valence-corrected chi connectivity index (χ1v) is 3.23. The SMILES string of the molecule is CC[C](C)=[W].P. The van der Waals surface area contributed by atoms with Crippen LogP contribution >= 0.6 is 9.90 Å². The van der Waals surface area contributed by atoms with Gasteiger partial charge in [-0.25, -0.2) is 0 Å². The Labute approximate surface area is 53.7 Å². The fourth-order valence-electron chi connectivity index (χ4n) is 0. The van der Waals surface area contributed by atoms with Crippen molar-refractivity contribution >= 4 is 13.8 Å². The third kappa shape index (κ3) is 8.89. The van der Waals surface area contributed by atoms with Crippen LogP contribution in [0, 0.1) is 0 Å². The summed E-state index contributed by atoms with van der Waals surface area (Å²) in [4.78, 5) is 0. The van der Waals surface area contributed by atoms with E-state index in [1.807, 2.05) is 0 Å². The van der Waals surface area contributed by atoms with Crippen LogP contribution in [-0.2, 0) is 19.4 Å². The predicted octanol–water partition coefficient (Wildman–Crippen LogP) is 1.19. The van der Waals surface area contributed by atoms with Gasteiger partial charge in [-0.2, -0.15) is 9.90 Å². The largest absolute Gasteiger partial charge is 0.153 e. The van der Waals surface area contributed by atoms with Gasteiger partial charge in [0.15, 0.2) is 0 Å². The molecule has 0 fully saturated rings. The summed E-state index contributed by atoms with van der Waals surface area (Å²) in [5, 5.41) is 0. The number of hydrogen-bond donors (Lipinski definition) is 0. The van der Waals surface area contributed by atoms with Gasteiger partial charge < -0.3 is 0 Å². The summed E-state index contributed by atoms with van der Waals surface area (Å²) >= 11 is 1.63. The second-order valence-electron chi connectivity index (χ2n) is 1.06. The van der Waals surface area contributed by atoms with Gasteiger partial charge in [0.25, 0.3) is 0 Å². The third-order valence-corrected chi connectivity index (χ3v) is 1.54. The van der Waals surface area contributed by atoms with Gasteiger partial charge in [0.05, 0.1) is 0 Å². The molecule has 0 N–H and O–H groups in total. The molecule has 0 bridgehead atoms. The molecule has 1 unspecified atom stereocenters. The van der Waals surface area contributed by atoms with Crippen molar-refractivity contribution in [1.82, 2.24) is 0 Å². The maximum atomic E-state index is 2.18. The summed E-state index contributed by atoms with van der Waals surface area (Å²) < 4.78 is 1.59. The van der Waals surface area contributed by atoms with Crippen molar-refractivity contribution in [2.75, 3.05) is 0 Å². The van der Waals surface area contributed by atoms with E-state index in [0.29, 0.717) is 0 Å². The molecule has 0 aliphatic carbocycles. The molecule has 0 saturated heterocycles. The molecule has 0 spiro atoms. The minimum atomic E-state index is 0. The van der Waals surface area contributed by atoms with Crippen molar-refractivity contribution in [1.29, 1.82) is 0 Å². The zero-order valence-corrected chi connectivity index (χ0v) is 8.67. The van der Waals surface area contributed by atoms with E-state index in [1.165, 1.54) is 6.42 Å². The first-order valence-electron chi connectivity index (χ1n) is 1.76. The van der Waals surface area contributed by atoms with Crippen LogP contribution in [-0.4, -0.2) is 3.90 Å². The fourth-order valence-corrected chi connectivity index (χ4v) is 0. The average molecular weight is 274 g/mol. The van der Waals surface area contributed by atoms with Crippen LogP contribution in [0.3, 0.4) is 0 Å². The molecule has 1 atom stereocenters. The van der Waals surface area contributed by atoms with Crippen LogP contribution < -0.4 is 0 Å². The Morgan fingerprint density at radius 1 is 1.67 bits per heavy atom. The monoisotopic (exact) mass is 274 g/mol. The third-order valence-electron chi connectivity index (χ3n) is 0.498. The van der Waals surface area contributed by atoms with Gasteiger partial charge in [0.2, 0.25) is 0 Å². The smallest absolute Gasteiger partial charge is 0.153 e. The molecule has 38 valence electrons. The molecule has 0 aromatic rings. The molecule has 0 radical (unpaired) electrons. The topological polar surface area (TPSA) is 0 Å². The van der Waals surface area contributed by atoms with Crippen LogP contribution in [0.1, 0.15) is 20.3 Å². The van der Waals surface area contributed by atoms with Crippen LogP contribution in [0.5, 0.6) is 0 Å². The van der Waals surface area contributed by atoms with E-state index in [2.05, 4.69) is 13.8 Å². The minimum absolute atomic E-state index is 0. The van der Waals surface area contributed by atoms with E-state index in [-0.39, 0.29) is 9.90 Å². The predicted molar refractivity (Wildman–Crippen MR) is 32.1 cm³/mol. The molecule has 0 nitrogen and oxygen atoms in total. The van der Waals surface area contributed by atoms with Crippen molar-refractivity contribution in [3.8, 4) is 0 Å². The minimum Gasteiger partial charge on any atom is -0.153 e. The van der Waals surface area contributed by atoms with Crippen molar-refractivity contribution in [2.45, 2.75) is 20.3 Å². The molecule has 0 aromatic heterocycles. The van der Waals surface area contributed by atoms with E-state index in [9.17, 15) is 0 Å². The van der Waals surface area contributed by atoms with Gasteiger partial charge in [0, 0.05) is 0 Å². The van der Waals surface area contributed by atoms with Crippen molar-refractivity contribution in [3.63, 3.8) is 0 Å². The van der Waals surface area contributed by atoms with Crippen molar-refractivity contribution in [3.05, 3.63) is 0 Å². The summed E-state index contributed by atoms with van der Waals surface area (Å²) in [6.45, 7) is 4.36. The second-order valence-corrected chi connectivity index (χ2v) is 3.56. The number of hydrogen-bond acceptors (Lipinski definition) is 0. The van der Waals surface area contributed by atoms with Crippen LogP contribution in [0.4, 0.5) is 0 Å². The maximum Gasteiger partial charge on any atom is -0.153 e. The zero-order chi connectivity index (χ0) is 4.28. The summed E-state index contributed by atoms with van der Waals surface area (Å²) in [7, 11) is 0. The van der Waals surface area contributed by atoms with E-state index < -0.39 is 0 Å². The molecule has 0 aliphatic heterocycles. The molecule has 0 rings (SSSR count). The van der Waals surface area contributed by atoms with Crippen LogP contribution in [0.15, 0.2) is 0 Å². The van der Waals surface area contributed by atoms with Crippen LogP contribution in [0.25, 0.3) is 0 Å². The Balaban J connectivity index is 0. The zero-order valence-electron chi connectivity index (χ0n) is 4.32.